The molecule has 0 aliphatic carbocycles. The number of anilines is 1. The van der Waals surface area contributed by atoms with Crippen LogP contribution in [0.1, 0.15) is 29.8 Å². The van der Waals surface area contributed by atoms with Crippen molar-refractivity contribution in [3.8, 4) is 11.1 Å². The smallest absolute Gasteiger partial charge is 0.326 e. The van der Waals surface area contributed by atoms with Gasteiger partial charge in [-0.05, 0) is 65.9 Å². The van der Waals surface area contributed by atoms with Gasteiger partial charge in [-0.3, -0.25) is 9.52 Å². The standard InChI is InChI=1S/C25H24Cl2N2O5S/c1-14(2)23(25(31)32)28-24(30)17-9-7-16(8-10-17)18-5-4-6-19(12-18)29-35(33,34)22-11-15(3)20(26)13-21(22)27/h4-14,23,29H,1-3H3,(H,28,30)(H,31,32)/t23-/m0/s1. The molecule has 3 N–H and O–H groups in total. The van der Waals surface area contributed by atoms with Gasteiger partial charge < -0.3 is 10.4 Å². The van der Waals surface area contributed by atoms with Gasteiger partial charge in [-0.1, -0.05) is 61.3 Å². The van der Waals surface area contributed by atoms with E-state index >= 15 is 0 Å². The Morgan fingerprint density at radius 1 is 0.914 bits per heavy atom. The summed E-state index contributed by atoms with van der Waals surface area (Å²) in [5.74, 6) is -1.86. The van der Waals surface area contributed by atoms with Crippen molar-refractivity contribution >= 4 is 50.8 Å². The van der Waals surface area contributed by atoms with Crippen molar-refractivity contribution in [3.63, 3.8) is 0 Å². The Morgan fingerprint density at radius 2 is 1.57 bits per heavy atom. The molecular formula is C25H24Cl2N2O5S. The van der Waals surface area contributed by atoms with Gasteiger partial charge in [0.25, 0.3) is 15.9 Å². The Morgan fingerprint density at radius 3 is 2.17 bits per heavy atom. The summed E-state index contributed by atoms with van der Waals surface area (Å²) >= 11 is 12.1. The summed E-state index contributed by atoms with van der Waals surface area (Å²) in [4.78, 5) is 23.7. The summed E-state index contributed by atoms with van der Waals surface area (Å²) in [6.45, 7) is 5.11. The van der Waals surface area contributed by atoms with Crippen molar-refractivity contribution < 1.29 is 23.1 Å². The fraction of sp³-hybridized carbons (Fsp3) is 0.200. The van der Waals surface area contributed by atoms with E-state index in [1.165, 1.54) is 12.1 Å². The summed E-state index contributed by atoms with van der Waals surface area (Å²) in [5, 5.41) is 12.2. The zero-order valence-corrected chi connectivity index (χ0v) is 21.5. The van der Waals surface area contributed by atoms with Gasteiger partial charge >= 0.3 is 5.97 Å². The summed E-state index contributed by atoms with van der Waals surface area (Å²) < 4.78 is 28.4. The third-order valence-corrected chi connectivity index (χ3v) is 7.57. The molecule has 3 aromatic carbocycles. The van der Waals surface area contributed by atoms with E-state index in [1.807, 2.05) is 0 Å². The molecule has 3 rings (SSSR count). The summed E-state index contributed by atoms with van der Waals surface area (Å²) in [7, 11) is -3.97. The SMILES string of the molecule is Cc1cc(S(=O)(=O)Nc2cccc(-c3ccc(C(=O)N[C@H](C(=O)O)C(C)C)cc3)c2)c(Cl)cc1Cl. The number of carboxylic acids is 1. The van der Waals surface area contributed by atoms with E-state index in [4.69, 9.17) is 23.2 Å². The molecule has 0 aromatic heterocycles. The van der Waals surface area contributed by atoms with Gasteiger partial charge in [0, 0.05) is 16.3 Å². The third kappa shape index (κ3) is 6.33. The lowest BCUT2D eigenvalue weighted by Crippen LogP contribution is -2.44. The zero-order valence-electron chi connectivity index (χ0n) is 19.2. The fourth-order valence-electron chi connectivity index (χ4n) is 3.36. The molecule has 7 nitrogen and oxygen atoms in total. The van der Waals surface area contributed by atoms with Crippen LogP contribution in [0.3, 0.4) is 0 Å². The molecule has 0 aliphatic rings. The molecule has 0 aliphatic heterocycles. The highest BCUT2D eigenvalue weighted by Gasteiger charge is 2.24. The molecule has 0 unspecified atom stereocenters. The van der Waals surface area contributed by atoms with Crippen LogP contribution in [0.2, 0.25) is 10.0 Å². The number of carboxylic acid groups (broad SMARTS) is 1. The molecule has 0 saturated carbocycles. The Hall–Kier alpha value is -3.07. The monoisotopic (exact) mass is 534 g/mol. The highest BCUT2D eigenvalue weighted by atomic mass is 35.5. The van der Waals surface area contributed by atoms with Gasteiger partial charge in [-0.15, -0.1) is 0 Å². The predicted molar refractivity (Wildman–Crippen MR) is 138 cm³/mol. The number of aryl methyl sites for hydroxylation is 1. The topological polar surface area (TPSA) is 113 Å². The maximum absolute atomic E-state index is 12.9. The first-order chi connectivity index (χ1) is 16.4. The number of carbonyl (C=O) groups is 2. The van der Waals surface area contributed by atoms with Gasteiger partial charge in [0.1, 0.15) is 10.9 Å². The number of sulfonamides is 1. The number of hydrogen-bond acceptors (Lipinski definition) is 4. The van der Waals surface area contributed by atoms with Crippen molar-refractivity contribution in [2.24, 2.45) is 5.92 Å². The predicted octanol–water partition coefficient (Wildman–Crippen LogP) is 5.61. The molecule has 0 fully saturated rings. The van der Waals surface area contributed by atoms with Gasteiger partial charge in [0.2, 0.25) is 0 Å². The summed E-state index contributed by atoms with van der Waals surface area (Å²) in [6, 6.07) is 15.1. The molecule has 3 aromatic rings. The second kappa shape index (κ2) is 10.7. The van der Waals surface area contributed by atoms with Gasteiger partial charge in [-0.2, -0.15) is 0 Å². The Balaban J connectivity index is 1.81. The normalized spacial score (nSPS) is 12.3. The molecule has 184 valence electrons. The van der Waals surface area contributed by atoms with Crippen LogP contribution < -0.4 is 10.0 Å². The lowest BCUT2D eigenvalue weighted by atomic mass is 10.0. The minimum atomic E-state index is -3.97. The number of halogens is 2. The first-order valence-electron chi connectivity index (χ1n) is 10.6. The van der Waals surface area contributed by atoms with E-state index < -0.39 is 27.9 Å². The van der Waals surface area contributed by atoms with Crippen molar-refractivity contribution in [2.75, 3.05) is 4.72 Å². The Bertz CT molecular complexity index is 1370. The number of rotatable bonds is 8. The highest BCUT2D eigenvalue weighted by Crippen LogP contribution is 2.30. The second-order valence-electron chi connectivity index (χ2n) is 8.33. The Kier molecular flexibility index (Phi) is 8.10. The number of nitrogens with one attached hydrogen (secondary N) is 2. The average molecular weight is 535 g/mol. The molecular weight excluding hydrogens is 511 g/mol. The van der Waals surface area contributed by atoms with Crippen LogP contribution in [0.5, 0.6) is 0 Å². The number of benzene rings is 3. The second-order valence-corrected chi connectivity index (χ2v) is 10.8. The minimum absolute atomic E-state index is 0.0146. The lowest BCUT2D eigenvalue weighted by Gasteiger charge is -2.18. The number of hydrogen-bond donors (Lipinski definition) is 3. The van der Waals surface area contributed by atoms with Crippen LogP contribution in [-0.4, -0.2) is 31.4 Å². The van der Waals surface area contributed by atoms with Gasteiger partial charge in [-0.25, -0.2) is 13.2 Å². The maximum atomic E-state index is 12.9. The average Bonchev–Trinajstić information content (AvgIpc) is 2.79. The number of aliphatic carboxylic acids is 1. The number of amides is 1. The van der Waals surface area contributed by atoms with E-state index in [2.05, 4.69) is 10.0 Å². The first-order valence-corrected chi connectivity index (χ1v) is 12.9. The summed E-state index contributed by atoms with van der Waals surface area (Å²) in [5.41, 5.74) is 2.67. The molecule has 0 radical (unpaired) electrons. The number of carbonyl (C=O) groups excluding carboxylic acids is 1. The molecule has 0 saturated heterocycles. The molecule has 10 heteroatoms. The van der Waals surface area contributed by atoms with E-state index in [0.717, 1.165) is 5.56 Å². The van der Waals surface area contributed by atoms with Gasteiger partial charge in [0.05, 0.1) is 5.02 Å². The molecule has 35 heavy (non-hydrogen) atoms. The van der Waals surface area contributed by atoms with Crippen molar-refractivity contribution in [3.05, 3.63) is 81.8 Å². The van der Waals surface area contributed by atoms with Crippen LogP contribution in [0.15, 0.2) is 65.6 Å². The maximum Gasteiger partial charge on any atom is 0.326 e. The van der Waals surface area contributed by atoms with Crippen molar-refractivity contribution in [1.82, 2.24) is 5.32 Å². The highest BCUT2D eigenvalue weighted by molar-refractivity contribution is 7.92. The van der Waals surface area contributed by atoms with E-state index in [0.29, 0.717) is 27.4 Å². The van der Waals surface area contributed by atoms with Crippen LogP contribution in [0, 0.1) is 12.8 Å². The fourth-order valence-corrected chi connectivity index (χ4v) is 5.24. The zero-order chi connectivity index (χ0) is 25.9. The van der Waals surface area contributed by atoms with E-state index in [-0.39, 0.29) is 15.8 Å². The first kappa shape index (κ1) is 26.5. The molecule has 1 atom stereocenters. The van der Waals surface area contributed by atoms with Crippen LogP contribution in [-0.2, 0) is 14.8 Å². The largest absolute Gasteiger partial charge is 0.480 e. The third-order valence-electron chi connectivity index (χ3n) is 5.32. The van der Waals surface area contributed by atoms with Crippen LogP contribution >= 0.6 is 23.2 Å². The molecule has 0 bridgehead atoms. The van der Waals surface area contributed by atoms with E-state index in [9.17, 15) is 23.1 Å². The molecule has 1 amide bonds. The minimum Gasteiger partial charge on any atom is -0.480 e. The van der Waals surface area contributed by atoms with Crippen LogP contribution in [0.25, 0.3) is 11.1 Å². The molecule has 0 heterocycles. The van der Waals surface area contributed by atoms with Gasteiger partial charge in [0.15, 0.2) is 0 Å². The summed E-state index contributed by atoms with van der Waals surface area (Å²) in [6.07, 6.45) is 0. The van der Waals surface area contributed by atoms with Crippen molar-refractivity contribution in [2.45, 2.75) is 31.7 Å². The quantitative estimate of drug-likeness (QED) is 0.347. The van der Waals surface area contributed by atoms with Crippen molar-refractivity contribution in [1.29, 1.82) is 0 Å². The molecule has 0 spiro atoms. The van der Waals surface area contributed by atoms with Crippen LogP contribution in [0.4, 0.5) is 5.69 Å². The lowest BCUT2D eigenvalue weighted by molar-refractivity contribution is -0.140. The van der Waals surface area contributed by atoms with E-state index in [1.54, 1.807) is 69.3 Å². The Labute approximate surface area is 214 Å².